The van der Waals surface area contributed by atoms with Crippen LogP contribution in [-0.2, 0) is 12.8 Å². The number of aryl methyl sites for hydroxylation is 2. The van der Waals surface area contributed by atoms with Gasteiger partial charge in [-0.05, 0) is 83.8 Å². The van der Waals surface area contributed by atoms with Gasteiger partial charge in [-0.3, -0.25) is 0 Å². The Balaban J connectivity index is 2.03. The van der Waals surface area contributed by atoms with Gasteiger partial charge in [0, 0.05) is 12.8 Å². The minimum Gasteiger partial charge on any atom is -0.507 e. The first kappa shape index (κ1) is 22.3. The van der Waals surface area contributed by atoms with Gasteiger partial charge >= 0.3 is 0 Å². The fourth-order valence-corrected chi connectivity index (χ4v) is 4.00. The van der Waals surface area contributed by atoms with Crippen molar-refractivity contribution in [2.24, 2.45) is 0 Å². The van der Waals surface area contributed by atoms with Gasteiger partial charge in [0.05, 0.1) is 0 Å². The Hall–Kier alpha value is -3.34. The number of phenolic OH excluding ortho intramolecular Hbond substituents is 5. The highest BCUT2D eigenvalue weighted by Crippen LogP contribution is 2.37. The van der Waals surface area contributed by atoms with E-state index in [9.17, 15) is 25.5 Å². The predicted octanol–water partition coefficient (Wildman–Crippen LogP) is 5.53. The highest BCUT2D eigenvalue weighted by molar-refractivity contribution is 5.53. The van der Waals surface area contributed by atoms with Crippen LogP contribution < -0.4 is 0 Å². The lowest BCUT2D eigenvalue weighted by Gasteiger charge is -2.18. The third-order valence-electron chi connectivity index (χ3n) is 5.99. The van der Waals surface area contributed by atoms with E-state index in [0.29, 0.717) is 12.8 Å². The lowest BCUT2D eigenvalue weighted by molar-refractivity contribution is 0.402. The van der Waals surface area contributed by atoms with Crippen molar-refractivity contribution < 1.29 is 25.5 Å². The highest BCUT2D eigenvalue weighted by atomic mass is 16.3. The molecule has 31 heavy (non-hydrogen) atoms. The Kier molecular flexibility index (Phi) is 6.34. The number of benzene rings is 3. The molecule has 0 aliphatic rings. The Morgan fingerprint density at radius 3 is 1.71 bits per heavy atom. The average molecular weight is 423 g/mol. The molecule has 1 atom stereocenters. The zero-order valence-corrected chi connectivity index (χ0v) is 18.4. The molecule has 0 saturated carbocycles. The summed E-state index contributed by atoms with van der Waals surface area (Å²) in [5.41, 5.74) is 5.86. The molecule has 164 valence electrons. The van der Waals surface area contributed by atoms with E-state index in [1.165, 1.54) is 12.1 Å². The van der Waals surface area contributed by atoms with Gasteiger partial charge in [-0.1, -0.05) is 31.5 Å². The van der Waals surface area contributed by atoms with E-state index in [0.717, 1.165) is 45.4 Å². The summed E-state index contributed by atoms with van der Waals surface area (Å²) >= 11 is 0. The average Bonchev–Trinajstić information content (AvgIpc) is 2.71. The monoisotopic (exact) mass is 422 g/mol. The van der Waals surface area contributed by atoms with Crippen LogP contribution >= 0.6 is 0 Å². The molecular formula is C26H30O5. The van der Waals surface area contributed by atoms with Crippen LogP contribution in [0.3, 0.4) is 0 Å². The molecule has 0 bridgehead atoms. The van der Waals surface area contributed by atoms with Crippen molar-refractivity contribution >= 4 is 0 Å². The molecule has 5 nitrogen and oxygen atoms in total. The Bertz CT molecular complexity index is 1120. The molecule has 0 aliphatic carbocycles. The summed E-state index contributed by atoms with van der Waals surface area (Å²) in [5.74, 6) is -0.318. The smallest absolute Gasteiger partial charge is 0.157 e. The van der Waals surface area contributed by atoms with Crippen LogP contribution in [-0.4, -0.2) is 25.5 Å². The first-order chi connectivity index (χ1) is 14.6. The number of phenols is 5. The van der Waals surface area contributed by atoms with Crippen molar-refractivity contribution in [1.29, 1.82) is 0 Å². The van der Waals surface area contributed by atoms with Crippen molar-refractivity contribution in [2.75, 3.05) is 0 Å². The molecular weight excluding hydrogens is 392 g/mol. The van der Waals surface area contributed by atoms with Gasteiger partial charge in [0.1, 0.15) is 5.75 Å². The SMILES string of the molecule is CCC(C)c1cc(O)c(O)cc1Cc1cc(C)cc(Cc2cc(O)c(O)cc2C)c1O. The van der Waals surface area contributed by atoms with E-state index in [2.05, 4.69) is 13.8 Å². The molecule has 0 aliphatic heterocycles. The van der Waals surface area contributed by atoms with Gasteiger partial charge < -0.3 is 25.5 Å². The summed E-state index contributed by atoms with van der Waals surface area (Å²) in [6, 6.07) is 10.0. The summed E-state index contributed by atoms with van der Waals surface area (Å²) in [5, 5.41) is 50.6. The third kappa shape index (κ3) is 4.71. The van der Waals surface area contributed by atoms with E-state index < -0.39 is 0 Å². The maximum atomic E-state index is 11.0. The van der Waals surface area contributed by atoms with Crippen molar-refractivity contribution in [3.05, 3.63) is 75.3 Å². The number of aromatic hydroxyl groups is 5. The summed E-state index contributed by atoms with van der Waals surface area (Å²) in [4.78, 5) is 0. The second-order valence-electron chi connectivity index (χ2n) is 8.40. The molecule has 0 heterocycles. The zero-order chi connectivity index (χ0) is 22.9. The van der Waals surface area contributed by atoms with Crippen LogP contribution in [0.25, 0.3) is 0 Å². The van der Waals surface area contributed by atoms with Crippen LogP contribution in [0, 0.1) is 13.8 Å². The van der Waals surface area contributed by atoms with Gasteiger partial charge in [-0.15, -0.1) is 0 Å². The van der Waals surface area contributed by atoms with Gasteiger partial charge in [-0.2, -0.15) is 0 Å². The Labute approximate surface area is 182 Å². The standard InChI is InChI=1S/C26H30O5/c1-5-15(3)21-13-25(30)24(29)12-18(21)10-20-7-14(2)6-19(26(20)31)9-17-11-23(28)22(27)8-16(17)4/h6-8,11-13,15,27-31H,5,9-10H2,1-4H3. The third-order valence-corrected chi connectivity index (χ3v) is 5.99. The molecule has 5 heteroatoms. The minimum absolute atomic E-state index is 0.143. The van der Waals surface area contributed by atoms with E-state index in [1.807, 2.05) is 26.0 Å². The second-order valence-corrected chi connectivity index (χ2v) is 8.40. The van der Waals surface area contributed by atoms with Crippen LogP contribution in [0.15, 0.2) is 36.4 Å². The second kappa shape index (κ2) is 8.80. The molecule has 0 radical (unpaired) electrons. The Morgan fingerprint density at radius 2 is 1.13 bits per heavy atom. The van der Waals surface area contributed by atoms with Crippen LogP contribution in [0.5, 0.6) is 28.7 Å². The maximum Gasteiger partial charge on any atom is 0.157 e. The molecule has 1 unspecified atom stereocenters. The largest absolute Gasteiger partial charge is 0.507 e. The van der Waals surface area contributed by atoms with Crippen molar-refractivity contribution in [1.82, 2.24) is 0 Å². The molecule has 0 spiro atoms. The summed E-state index contributed by atoms with van der Waals surface area (Å²) in [6.07, 6.45) is 1.69. The van der Waals surface area contributed by atoms with E-state index in [1.54, 1.807) is 12.1 Å². The quantitative estimate of drug-likeness (QED) is 0.336. The van der Waals surface area contributed by atoms with E-state index in [4.69, 9.17) is 0 Å². The molecule has 0 saturated heterocycles. The van der Waals surface area contributed by atoms with Crippen molar-refractivity contribution in [2.45, 2.75) is 52.9 Å². The van der Waals surface area contributed by atoms with Crippen molar-refractivity contribution in [3.8, 4) is 28.7 Å². The minimum atomic E-state index is -0.189. The molecule has 0 amide bonds. The summed E-state index contributed by atoms with van der Waals surface area (Å²) in [7, 11) is 0. The highest BCUT2D eigenvalue weighted by Gasteiger charge is 2.17. The Morgan fingerprint density at radius 1 is 0.645 bits per heavy atom. The molecule has 0 aromatic heterocycles. The first-order valence-corrected chi connectivity index (χ1v) is 10.5. The van der Waals surface area contributed by atoms with E-state index in [-0.39, 0.29) is 34.7 Å². The molecule has 3 aromatic carbocycles. The van der Waals surface area contributed by atoms with Gasteiger partial charge in [-0.25, -0.2) is 0 Å². The number of hydrogen-bond acceptors (Lipinski definition) is 5. The van der Waals surface area contributed by atoms with Gasteiger partial charge in [0.15, 0.2) is 23.0 Å². The topological polar surface area (TPSA) is 101 Å². The lowest BCUT2D eigenvalue weighted by Crippen LogP contribution is -2.02. The maximum absolute atomic E-state index is 11.0. The summed E-state index contributed by atoms with van der Waals surface area (Å²) < 4.78 is 0. The molecule has 3 aromatic rings. The van der Waals surface area contributed by atoms with Crippen LogP contribution in [0.1, 0.15) is 65.1 Å². The number of rotatable bonds is 6. The predicted molar refractivity (Wildman–Crippen MR) is 121 cm³/mol. The van der Waals surface area contributed by atoms with Crippen LogP contribution in [0.4, 0.5) is 0 Å². The fraction of sp³-hybridized carbons (Fsp3) is 0.308. The number of hydrogen-bond donors (Lipinski definition) is 5. The normalized spacial score (nSPS) is 12.1. The molecule has 0 fully saturated rings. The first-order valence-electron chi connectivity index (χ1n) is 10.5. The van der Waals surface area contributed by atoms with Gasteiger partial charge in [0.25, 0.3) is 0 Å². The van der Waals surface area contributed by atoms with Gasteiger partial charge in [0.2, 0.25) is 0 Å². The van der Waals surface area contributed by atoms with E-state index >= 15 is 0 Å². The fourth-order valence-electron chi connectivity index (χ4n) is 4.00. The molecule has 5 N–H and O–H groups in total. The van der Waals surface area contributed by atoms with Crippen LogP contribution in [0.2, 0.25) is 0 Å². The molecule has 3 rings (SSSR count). The lowest BCUT2D eigenvalue weighted by atomic mass is 9.88. The summed E-state index contributed by atoms with van der Waals surface area (Å²) in [6.45, 7) is 7.93. The van der Waals surface area contributed by atoms with Crippen molar-refractivity contribution in [3.63, 3.8) is 0 Å². The zero-order valence-electron chi connectivity index (χ0n) is 18.4.